The van der Waals surface area contributed by atoms with Crippen LogP contribution in [0, 0.1) is 0 Å². The average molecular weight is 323 g/mol. The SMILES string of the molecule is CCN(CC)C(=O)C(=O)Nc1ccc(Cl)c(C(F)(F)F)c1. The van der Waals surface area contributed by atoms with Gasteiger partial charge in [-0.2, -0.15) is 13.2 Å². The topological polar surface area (TPSA) is 49.4 Å². The van der Waals surface area contributed by atoms with Crippen molar-refractivity contribution in [2.75, 3.05) is 18.4 Å². The van der Waals surface area contributed by atoms with Gasteiger partial charge in [0, 0.05) is 18.8 Å². The summed E-state index contributed by atoms with van der Waals surface area (Å²) in [7, 11) is 0. The van der Waals surface area contributed by atoms with E-state index in [0.29, 0.717) is 19.2 Å². The Morgan fingerprint density at radius 3 is 2.29 bits per heavy atom. The average Bonchev–Trinajstić information content (AvgIpc) is 2.40. The van der Waals surface area contributed by atoms with Crippen molar-refractivity contribution in [2.45, 2.75) is 20.0 Å². The van der Waals surface area contributed by atoms with Gasteiger partial charge in [-0.15, -0.1) is 0 Å². The largest absolute Gasteiger partial charge is 0.417 e. The van der Waals surface area contributed by atoms with Gasteiger partial charge in [0.2, 0.25) is 0 Å². The minimum Gasteiger partial charge on any atom is -0.335 e. The normalized spacial score (nSPS) is 11.1. The lowest BCUT2D eigenvalue weighted by Crippen LogP contribution is -2.39. The molecule has 0 bridgehead atoms. The number of nitrogens with zero attached hydrogens (tertiary/aromatic N) is 1. The lowest BCUT2D eigenvalue weighted by atomic mass is 10.2. The van der Waals surface area contributed by atoms with Gasteiger partial charge in [-0.1, -0.05) is 11.6 Å². The van der Waals surface area contributed by atoms with Crippen molar-refractivity contribution in [1.29, 1.82) is 0 Å². The summed E-state index contributed by atoms with van der Waals surface area (Å²) in [5.74, 6) is -1.79. The number of benzene rings is 1. The molecule has 0 atom stereocenters. The summed E-state index contributed by atoms with van der Waals surface area (Å²) in [5, 5.41) is 1.67. The summed E-state index contributed by atoms with van der Waals surface area (Å²) < 4.78 is 38.1. The molecule has 21 heavy (non-hydrogen) atoms. The second-order valence-electron chi connectivity index (χ2n) is 4.12. The molecule has 0 saturated heterocycles. The fourth-order valence-corrected chi connectivity index (χ4v) is 1.88. The number of hydrogen-bond donors (Lipinski definition) is 1. The number of halogens is 4. The Labute approximate surface area is 124 Å². The van der Waals surface area contributed by atoms with Crippen LogP contribution in [0.5, 0.6) is 0 Å². The summed E-state index contributed by atoms with van der Waals surface area (Å²) in [4.78, 5) is 24.7. The minimum atomic E-state index is -4.64. The number of alkyl halides is 3. The molecule has 1 aromatic carbocycles. The van der Waals surface area contributed by atoms with Gasteiger partial charge in [0.25, 0.3) is 0 Å². The van der Waals surface area contributed by atoms with E-state index in [9.17, 15) is 22.8 Å². The third-order valence-corrected chi connectivity index (χ3v) is 3.10. The molecule has 0 aliphatic heterocycles. The van der Waals surface area contributed by atoms with E-state index in [0.717, 1.165) is 6.07 Å². The lowest BCUT2D eigenvalue weighted by molar-refractivity contribution is -0.142. The molecule has 0 aliphatic rings. The van der Waals surface area contributed by atoms with Crippen molar-refractivity contribution >= 4 is 29.1 Å². The van der Waals surface area contributed by atoms with Crippen molar-refractivity contribution in [1.82, 2.24) is 4.90 Å². The molecule has 1 N–H and O–H groups in total. The van der Waals surface area contributed by atoms with Crippen LogP contribution in [0.2, 0.25) is 5.02 Å². The zero-order valence-corrected chi connectivity index (χ0v) is 12.2. The van der Waals surface area contributed by atoms with E-state index in [4.69, 9.17) is 11.6 Å². The van der Waals surface area contributed by atoms with E-state index in [-0.39, 0.29) is 5.69 Å². The van der Waals surface area contributed by atoms with Gasteiger partial charge in [0.15, 0.2) is 0 Å². The van der Waals surface area contributed by atoms with Gasteiger partial charge in [-0.05, 0) is 32.0 Å². The van der Waals surface area contributed by atoms with Crippen LogP contribution in [0.3, 0.4) is 0 Å². The zero-order chi connectivity index (χ0) is 16.2. The molecule has 1 aromatic rings. The molecule has 4 nitrogen and oxygen atoms in total. The summed E-state index contributed by atoms with van der Waals surface area (Å²) in [5.41, 5.74) is -1.21. The standard InChI is InChI=1S/C13H14ClF3N2O2/c1-3-19(4-2)12(21)11(20)18-8-5-6-10(14)9(7-8)13(15,16)17/h5-7H,3-4H2,1-2H3,(H,18,20). The van der Waals surface area contributed by atoms with Gasteiger partial charge in [0.05, 0.1) is 10.6 Å². The molecule has 8 heteroatoms. The molecule has 0 aromatic heterocycles. The zero-order valence-electron chi connectivity index (χ0n) is 11.4. The highest BCUT2D eigenvalue weighted by molar-refractivity contribution is 6.39. The molecular formula is C13H14ClF3N2O2. The molecular weight excluding hydrogens is 309 g/mol. The van der Waals surface area contributed by atoms with Gasteiger partial charge < -0.3 is 10.2 Å². The summed E-state index contributed by atoms with van der Waals surface area (Å²) in [6.07, 6.45) is -4.64. The van der Waals surface area contributed by atoms with Crippen LogP contribution in [-0.4, -0.2) is 29.8 Å². The lowest BCUT2D eigenvalue weighted by Gasteiger charge is -2.18. The fraction of sp³-hybridized carbons (Fsp3) is 0.385. The van der Waals surface area contributed by atoms with Gasteiger partial charge >= 0.3 is 18.0 Å². The molecule has 0 radical (unpaired) electrons. The Bertz CT molecular complexity index is 543. The summed E-state index contributed by atoms with van der Waals surface area (Å²) in [6, 6.07) is 2.91. The predicted molar refractivity (Wildman–Crippen MR) is 73.0 cm³/mol. The molecule has 0 fully saturated rings. The maximum Gasteiger partial charge on any atom is 0.417 e. The van der Waals surface area contributed by atoms with Crippen LogP contribution >= 0.6 is 11.6 Å². The number of likely N-dealkylation sites (N-methyl/N-ethyl adjacent to an activating group) is 1. The van der Waals surface area contributed by atoms with Gasteiger partial charge in [-0.25, -0.2) is 0 Å². The van der Waals surface area contributed by atoms with E-state index in [1.54, 1.807) is 13.8 Å². The monoisotopic (exact) mass is 322 g/mol. The van der Waals surface area contributed by atoms with E-state index < -0.39 is 28.6 Å². The Balaban J connectivity index is 2.94. The van der Waals surface area contributed by atoms with Gasteiger partial charge in [0.1, 0.15) is 0 Å². The first-order valence-corrected chi connectivity index (χ1v) is 6.55. The molecule has 1 rings (SSSR count). The molecule has 0 aliphatic carbocycles. The number of rotatable bonds is 3. The molecule has 0 spiro atoms. The predicted octanol–water partition coefficient (Wildman–Crippen LogP) is 3.17. The van der Waals surface area contributed by atoms with Crippen molar-refractivity contribution in [2.24, 2.45) is 0 Å². The van der Waals surface area contributed by atoms with Crippen LogP contribution in [0.25, 0.3) is 0 Å². The van der Waals surface area contributed by atoms with Crippen LogP contribution in [0.1, 0.15) is 19.4 Å². The molecule has 2 amide bonds. The highest BCUT2D eigenvalue weighted by Crippen LogP contribution is 2.36. The quantitative estimate of drug-likeness (QED) is 0.869. The first-order chi connectivity index (χ1) is 9.70. The minimum absolute atomic E-state index is 0.141. The Morgan fingerprint density at radius 2 is 1.81 bits per heavy atom. The van der Waals surface area contributed by atoms with Crippen molar-refractivity contribution in [3.8, 4) is 0 Å². The Morgan fingerprint density at radius 1 is 1.24 bits per heavy atom. The number of carbonyl (C=O) groups excluding carboxylic acids is 2. The van der Waals surface area contributed by atoms with E-state index in [2.05, 4.69) is 5.32 Å². The second kappa shape index (κ2) is 6.80. The third kappa shape index (κ3) is 4.35. The highest BCUT2D eigenvalue weighted by atomic mass is 35.5. The smallest absolute Gasteiger partial charge is 0.335 e. The van der Waals surface area contributed by atoms with Crippen LogP contribution in [0.4, 0.5) is 18.9 Å². The number of anilines is 1. The maximum absolute atomic E-state index is 12.7. The van der Waals surface area contributed by atoms with E-state index in [1.807, 2.05) is 0 Å². The number of hydrogen-bond acceptors (Lipinski definition) is 2. The first-order valence-electron chi connectivity index (χ1n) is 6.17. The van der Waals surface area contributed by atoms with Crippen LogP contribution in [-0.2, 0) is 15.8 Å². The summed E-state index contributed by atoms with van der Waals surface area (Å²) >= 11 is 5.47. The van der Waals surface area contributed by atoms with Crippen LogP contribution in [0.15, 0.2) is 18.2 Å². The van der Waals surface area contributed by atoms with E-state index in [1.165, 1.54) is 11.0 Å². The Kier molecular flexibility index (Phi) is 5.60. The fourth-order valence-electron chi connectivity index (χ4n) is 1.66. The van der Waals surface area contributed by atoms with Crippen molar-refractivity contribution in [3.05, 3.63) is 28.8 Å². The maximum atomic E-state index is 12.7. The number of carbonyl (C=O) groups is 2. The first kappa shape index (κ1) is 17.3. The number of amides is 2. The highest BCUT2D eigenvalue weighted by Gasteiger charge is 2.33. The molecule has 0 saturated carbocycles. The number of nitrogens with one attached hydrogen (secondary N) is 1. The van der Waals surface area contributed by atoms with Crippen molar-refractivity contribution < 1.29 is 22.8 Å². The Hall–Kier alpha value is -1.76. The molecule has 0 heterocycles. The van der Waals surface area contributed by atoms with Crippen LogP contribution < -0.4 is 5.32 Å². The third-order valence-electron chi connectivity index (χ3n) is 2.77. The summed E-state index contributed by atoms with van der Waals surface area (Å²) in [6.45, 7) is 4.05. The van der Waals surface area contributed by atoms with Crippen molar-refractivity contribution in [3.63, 3.8) is 0 Å². The second-order valence-corrected chi connectivity index (χ2v) is 4.53. The van der Waals surface area contributed by atoms with E-state index >= 15 is 0 Å². The molecule has 116 valence electrons. The molecule has 0 unspecified atom stereocenters. The van der Waals surface area contributed by atoms with Gasteiger partial charge in [-0.3, -0.25) is 9.59 Å².